The Kier molecular flexibility index (Phi) is 5.68. The van der Waals surface area contributed by atoms with E-state index in [1.54, 1.807) is 12.1 Å². The number of fused-ring (bicyclic) bond motifs is 1. The highest BCUT2D eigenvalue weighted by Gasteiger charge is 2.11. The van der Waals surface area contributed by atoms with Crippen LogP contribution in [-0.4, -0.2) is 29.0 Å². The van der Waals surface area contributed by atoms with Gasteiger partial charge in [-0.2, -0.15) is 0 Å². The highest BCUT2D eigenvalue weighted by atomic mass is 35.5. The third-order valence-corrected chi connectivity index (χ3v) is 4.05. The van der Waals surface area contributed by atoms with Gasteiger partial charge in [-0.1, -0.05) is 53.5 Å². The van der Waals surface area contributed by atoms with E-state index >= 15 is 0 Å². The number of halogens is 2. The molecule has 3 rings (SSSR count). The van der Waals surface area contributed by atoms with Gasteiger partial charge in [-0.05, 0) is 24.1 Å². The van der Waals surface area contributed by atoms with Crippen LogP contribution in [0.3, 0.4) is 0 Å². The van der Waals surface area contributed by atoms with Crippen LogP contribution in [0.4, 0.5) is 0 Å². The number of carbonyl (C=O) groups is 1. The number of carbonyl (C=O) groups excluding carboxylic acids is 1. The quantitative estimate of drug-likeness (QED) is 0.713. The highest BCUT2D eigenvalue weighted by molar-refractivity contribution is 6.38. The van der Waals surface area contributed by atoms with Gasteiger partial charge in [0.05, 0.1) is 15.9 Å². The predicted octanol–water partition coefficient (Wildman–Crippen LogP) is 3.67. The molecule has 128 valence electrons. The monoisotopic (exact) mass is 375 g/mol. The lowest BCUT2D eigenvalue weighted by molar-refractivity contribution is -0.123. The molecule has 25 heavy (non-hydrogen) atoms. The van der Waals surface area contributed by atoms with Crippen molar-refractivity contribution < 1.29 is 9.53 Å². The minimum absolute atomic E-state index is 0.148. The zero-order chi connectivity index (χ0) is 17.6. The SMILES string of the molecule is O=C(COc1ncnc2c(Cl)cc(Cl)cc12)NCCc1ccccc1. The van der Waals surface area contributed by atoms with Crippen LogP contribution in [0.1, 0.15) is 5.56 Å². The van der Waals surface area contributed by atoms with Gasteiger partial charge in [-0.25, -0.2) is 9.97 Å². The van der Waals surface area contributed by atoms with Crippen molar-refractivity contribution in [2.75, 3.05) is 13.2 Å². The third-order valence-electron chi connectivity index (χ3n) is 3.54. The minimum atomic E-state index is -0.226. The van der Waals surface area contributed by atoms with Crippen LogP contribution in [0, 0.1) is 0 Å². The van der Waals surface area contributed by atoms with E-state index in [-0.39, 0.29) is 18.4 Å². The molecule has 3 aromatic rings. The summed E-state index contributed by atoms with van der Waals surface area (Å²) in [5.41, 5.74) is 1.69. The molecule has 7 heteroatoms. The fourth-order valence-electron chi connectivity index (χ4n) is 2.36. The number of rotatable bonds is 6. The average Bonchev–Trinajstić information content (AvgIpc) is 2.61. The normalized spacial score (nSPS) is 10.6. The largest absolute Gasteiger partial charge is 0.467 e. The van der Waals surface area contributed by atoms with Crippen molar-refractivity contribution >= 4 is 40.0 Å². The molecule has 2 aromatic carbocycles. The molecule has 1 amide bonds. The predicted molar refractivity (Wildman–Crippen MR) is 98.2 cm³/mol. The molecule has 0 bridgehead atoms. The van der Waals surface area contributed by atoms with Gasteiger partial charge in [0.1, 0.15) is 6.33 Å². The number of ether oxygens (including phenoxy) is 1. The topological polar surface area (TPSA) is 64.1 Å². The van der Waals surface area contributed by atoms with Crippen molar-refractivity contribution in [3.63, 3.8) is 0 Å². The molecule has 0 aliphatic heterocycles. The first-order chi connectivity index (χ1) is 12.1. The number of benzene rings is 2. The summed E-state index contributed by atoms with van der Waals surface area (Å²) in [5, 5.41) is 4.23. The Hall–Kier alpha value is -2.37. The summed E-state index contributed by atoms with van der Waals surface area (Å²) in [6.45, 7) is 0.388. The molecule has 0 atom stereocenters. The zero-order valence-electron chi connectivity index (χ0n) is 13.2. The summed E-state index contributed by atoms with van der Waals surface area (Å²) in [6.07, 6.45) is 2.10. The van der Waals surface area contributed by atoms with Crippen molar-refractivity contribution in [3.8, 4) is 5.88 Å². The number of amides is 1. The molecule has 0 unspecified atom stereocenters. The van der Waals surface area contributed by atoms with E-state index in [9.17, 15) is 4.79 Å². The van der Waals surface area contributed by atoms with Crippen molar-refractivity contribution in [1.29, 1.82) is 0 Å². The molecule has 1 aromatic heterocycles. The molecule has 0 aliphatic carbocycles. The van der Waals surface area contributed by atoms with Crippen LogP contribution in [0.5, 0.6) is 5.88 Å². The van der Waals surface area contributed by atoms with E-state index in [0.717, 1.165) is 12.0 Å². The van der Waals surface area contributed by atoms with Crippen molar-refractivity contribution in [1.82, 2.24) is 15.3 Å². The molecule has 0 fully saturated rings. The van der Waals surface area contributed by atoms with Crippen LogP contribution in [0.25, 0.3) is 10.9 Å². The number of hydrogen-bond acceptors (Lipinski definition) is 4. The van der Waals surface area contributed by atoms with E-state index in [0.29, 0.717) is 27.5 Å². The van der Waals surface area contributed by atoms with E-state index in [4.69, 9.17) is 27.9 Å². The Morgan fingerprint density at radius 1 is 1.12 bits per heavy atom. The second-order valence-corrected chi connectivity index (χ2v) is 6.18. The van der Waals surface area contributed by atoms with Gasteiger partial charge in [0.25, 0.3) is 5.91 Å². The smallest absolute Gasteiger partial charge is 0.258 e. The maximum absolute atomic E-state index is 11.9. The van der Waals surface area contributed by atoms with E-state index < -0.39 is 0 Å². The lowest BCUT2D eigenvalue weighted by Gasteiger charge is -2.09. The second kappa shape index (κ2) is 8.14. The number of aromatic nitrogens is 2. The molecule has 5 nitrogen and oxygen atoms in total. The van der Waals surface area contributed by atoms with Gasteiger partial charge in [-0.3, -0.25) is 4.79 Å². The van der Waals surface area contributed by atoms with Gasteiger partial charge in [0.2, 0.25) is 5.88 Å². The molecule has 1 N–H and O–H groups in total. The van der Waals surface area contributed by atoms with Crippen LogP contribution < -0.4 is 10.1 Å². The fraction of sp³-hybridized carbons (Fsp3) is 0.167. The molecule has 0 spiro atoms. The van der Waals surface area contributed by atoms with Crippen LogP contribution in [-0.2, 0) is 11.2 Å². The Morgan fingerprint density at radius 2 is 1.92 bits per heavy atom. The Morgan fingerprint density at radius 3 is 2.72 bits per heavy atom. The number of nitrogens with one attached hydrogen (secondary N) is 1. The van der Waals surface area contributed by atoms with Crippen LogP contribution >= 0.6 is 23.2 Å². The summed E-state index contributed by atoms with van der Waals surface area (Å²) in [5.74, 6) is 0.0448. The van der Waals surface area contributed by atoms with Gasteiger partial charge < -0.3 is 10.1 Å². The van der Waals surface area contributed by atoms with Crippen molar-refractivity contribution in [2.24, 2.45) is 0 Å². The number of nitrogens with zero attached hydrogens (tertiary/aromatic N) is 2. The van der Waals surface area contributed by atoms with Crippen LogP contribution in [0.2, 0.25) is 10.0 Å². The number of hydrogen-bond donors (Lipinski definition) is 1. The molecular formula is C18H15Cl2N3O2. The van der Waals surface area contributed by atoms with E-state index in [1.165, 1.54) is 6.33 Å². The maximum Gasteiger partial charge on any atom is 0.258 e. The molecule has 0 saturated carbocycles. The highest BCUT2D eigenvalue weighted by Crippen LogP contribution is 2.30. The first-order valence-electron chi connectivity index (χ1n) is 7.66. The standard InChI is InChI=1S/C18H15Cl2N3O2/c19-13-8-14-17(15(20)9-13)22-11-23-18(14)25-10-16(24)21-7-6-12-4-2-1-3-5-12/h1-5,8-9,11H,6-7,10H2,(H,21,24). The molecular weight excluding hydrogens is 361 g/mol. The lowest BCUT2D eigenvalue weighted by atomic mass is 10.1. The molecule has 0 aliphatic rings. The second-order valence-electron chi connectivity index (χ2n) is 5.34. The lowest BCUT2D eigenvalue weighted by Crippen LogP contribution is -2.30. The van der Waals surface area contributed by atoms with Crippen molar-refractivity contribution in [3.05, 3.63) is 64.4 Å². The van der Waals surface area contributed by atoms with Crippen LogP contribution in [0.15, 0.2) is 48.8 Å². The summed E-state index contributed by atoms with van der Waals surface area (Å²) >= 11 is 12.1. The summed E-state index contributed by atoms with van der Waals surface area (Å²) in [6, 6.07) is 13.2. The van der Waals surface area contributed by atoms with E-state index in [1.807, 2.05) is 30.3 Å². The third kappa shape index (κ3) is 4.59. The zero-order valence-corrected chi connectivity index (χ0v) is 14.7. The average molecular weight is 376 g/mol. The first kappa shape index (κ1) is 17.5. The Labute approximate surface area is 155 Å². The van der Waals surface area contributed by atoms with E-state index in [2.05, 4.69) is 15.3 Å². The molecule has 0 saturated heterocycles. The minimum Gasteiger partial charge on any atom is -0.467 e. The first-order valence-corrected chi connectivity index (χ1v) is 8.42. The van der Waals surface area contributed by atoms with Gasteiger partial charge in [-0.15, -0.1) is 0 Å². The van der Waals surface area contributed by atoms with Gasteiger partial charge in [0.15, 0.2) is 6.61 Å². The molecule has 1 heterocycles. The maximum atomic E-state index is 11.9. The Balaban J connectivity index is 1.58. The summed E-state index contributed by atoms with van der Waals surface area (Å²) in [7, 11) is 0. The summed E-state index contributed by atoms with van der Waals surface area (Å²) < 4.78 is 5.51. The van der Waals surface area contributed by atoms with Crippen molar-refractivity contribution in [2.45, 2.75) is 6.42 Å². The van der Waals surface area contributed by atoms with Gasteiger partial charge >= 0.3 is 0 Å². The fourth-order valence-corrected chi connectivity index (χ4v) is 2.90. The Bertz CT molecular complexity index is 888. The molecule has 0 radical (unpaired) electrons. The summed E-state index contributed by atoms with van der Waals surface area (Å²) in [4.78, 5) is 20.1. The van der Waals surface area contributed by atoms with Gasteiger partial charge in [0, 0.05) is 11.6 Å².